The summed E-state index contributed by atoms with van der Waals surface area (Å²) in [4.78, 5) is 16.1. The average molecular weight is 347 g/mol. The van der Waals surface area contributed by atoms with Gasteiger partial charge in [-0.2, -0.15) is 4.31 Å². The number of rotatable bonds is 7. The number of benzene rings is 1. The van der Waals surface area contributed by atoms with Crippen molar-refractivity contribution in [3.05, 3.63) is 59.9 Å². The molecule has 1 heterocycles. The second-order valence-electron chi connectivity index (χ2n) is 5.16. The standard InChI is InChI=1S/C17H21N3O3S/c1-3-20(4-2)24(22,23)16-9-7-14(8-10-16)12-19-17(21)15-6-5-11-18-13-15/h5-11,13H,3-4,12H2,1-2H3,(H,19,21). The number of hydrogen-bond donors (Lipinski definition) is 1. The number of carbonyl (C=O) groups excluding carboxylic acids is 1. The second-order valence-corrected chi connectivity index (χ2v) is 7.10. The maximum atomic E-state index is 12.4. The van der Waals surface area contributed by atoms with E-state index in [0.717, 1.165) is 5.56 Å². The van der Waals surface area contributed by atoms with Gasteiger partial charge in [-0.15, -0.1) is 0 Å². The van der Waals surface area contributed by atoms with Crippen molar-refractivity contribution in [2.75, 3.05) is 13.1 Å². The second kappa shape index (κ2) is 8.03. The predicted molar refractivity (Wildman–Crippen MR) is 92.0 cm³/mol. The number of nitrogens with one attached hydrogen (secondary N) is 1. The smallest absolute Gasteiger partial charge is 0.253 e. The van der Waals surface area contributed by atoms with Gasteiger partial charge >= 0.3 is 0 Å². The summed E-state index contributed by atoms with van der Waals surface area (Å²) in [6.07, 6.45) is 3.10. The quantitative estimate of drug-likeness (QED) is 0.831. The minimum atomic E-state index is -3.45. The number of hydrogen-bond acceptors (Lipinski definition) is 4. The molecule has 1 amide bonds. The van der Waals surface area contributed by atoms with Crippen LogP contribution in [0.3, 0.4) is 0 Å². The maximum absolute atomic E-state index is 12.4. The summed E-state index contributed by atoms with van der Waals surface area (Å²) in [5, 5.41) is 2.78. The number of nitrogens with zero attached hydrogens (tertiary/aromatic N) is 2. The number of amides is 1. The van der Waals surface area contributed by atoms with Crippen LogP contribution in [0.15, 0.2) is 53.7 Å². The van der Waals surface area contributed by atoms with E-state index < -0.39 is 10.0 Å². The van der Waals surface area contributed by atoms with Crippen LogP contribution in [0.25, 0.3) is 0 Å². The summed E-state index contributed by atoms with van der Waals surface area (Å²) in [6.45, 7) is 4.80. The third-order valence-electron chi connectivity index (χ3n) is 3.64. The van der Waals surface area contributed by atoms with Gasteiger partial charge in [-0.3, -0.25) is 9.78 Å². The number of pyridine rings is 1. The van der Waals surface area contributed by atoms with Crippen molar-refractivity contribution in [3.8, 4) is 0 Å². The Morgan fingerprint density at radius 1 is 1.12 bits per heavy atom. The van der Waals surface area contributed by atoms with E-state index in [1.54, 1.807) is 42.6 Å². The first kappa shape index (κ1) is 18.1. The number of carbonyl (C=O) groups is 1. The lowest BCUT2D eigenvalue weighted by atomic mass is 10.2. The molecule has 0 fully saturated rings. The van der Waals surface area contributed by atoms with E-state index in [1.807, 2.05) is 13.8 Å². The third kappa shape index (κ3) is 4.18. The minimum Gasteiger partial charge on any atom is -0.348 e. The van der Waals surface area contributed by atoms with Crippen molar-refractivity contribution in [2.45, 2.75) is 25.3 Å². The van der Waals surface area contributed by atoms with Crippen molar-refractivity contribution in [1.82, 2.24) is 14.6 Å². The monoisotopic (exact) mass is 347 g/mol. The Balaban J connectivity index is 2.04. The van der Waals surface area contributed by atoms with Crippen LogP contribution in [0.1, 0.15) is 29.8 Å². The van der Waals surface area contributed by atoms with Gasteiger partial charge in [0.05, 0.1) is 10.5 Å². The lowest BCUT2D eigenvalue weighted by Crippen LogP contribution is -2.30. The molecule has 0 saturated carbocycles. The molecule has 0 spiro atoms. The van der Waals surface area contributed by atoms with Crippen molar-refractivity contribution in [1.29, 1.82) is 0 Å². The Labute approximate surface area is 142 Å². The van der Waals surface area contributed by atoms with Crippen molar-refractivity contribution in [2.24, 2.45) is 0 Å². The highest BCUT2D eigenvalue weighted by molar-refractivity contribution is 7.89. The van der Waals surface area contributed by atoms with E-state index >= 15 is 0 Å². The van der Waals surface area contributed by atoms with Gasteiger partial charge in [0.1, 0.15) is 0 Å². The third-order valence-corrected chi connectivity index (χ3v) is 5.71. The van der Waals surface area contributed by atoms with Gasteiger partial charge in [0.25, 0.3) is 5.91 Å². The average Bonchev–Trinajstić information content (AvgIpc) is 2.61. The molecule has 24 heavy (non-hydrogen) atoms. The lowest BCUT2D eigenvalue weighted by Gasteiger charge is -2.18. The van der Waals surface area contributed by atoms with Crippen LogP contribution in [0.2, 0.25) is 0 Å². The molecule has 0 atom stereocenters. The van der Waals surface area contributed by atoms with E-state index in [0.29, 0.717) is 25.2 Å². The Hall–Kier alpha value is -2.25. The molecule has 0 aliphatic carbocycles. The van der Waals surface area contributed by atoms with Gasteiger partial charge in [0, 0.05) is 32.0 Å². The van der Waals surface area contributed by atoms with Crippen molar-refractivity contribution in [3.63, 3.8) is 0 Å². The van der Waals surface area contributed by atoms with Gasteiger partial charge in [0.15, 0.2) is 0 Å². The first-order chi connectivity index (χ1) is 11.5. The van der Waals surface area contributed by atoms with E-state index in [1.165, 1.54) is 10.5 Å². The summed E-state index contributed by atoms with van der Waals surface area (Å²) < 4.78 is 26.2. The maximum Gasteiger partial charge on any atom is 0.253 e. The lowest BCUT2D eigenvalue weighted by molar-refractivity contribution is 0.0950. The molecule has 1 aromatic carbocycles. The molecule has 7 heteroatoms. The Kier molecular flexibility index (Phi) is 6.05. The van der Waals surface area contributed by atoms with Gasteiger partial charge in [-0.05, 0) is 29.8 Å². The van der Waals surface area contributed by atoms with Crippen LogP contribution in [-0.2, 0) is 16.6 Å². The normalized spacial score (nSPS) is 11.5. The molecule has 1 N–H and O–H groups in total. The van der Waals surface area contributed by atoms with Gasteiger partial charge in [0.2, 0.25) is 10.0 Å². The zero-order valence-electron chi connectivity index (χ0n) is 13.8. The molecule has 2 rings (SSSR count). The number of aromatic nitrogens is 1. The zero-order chi connectivity index (χ0) is 17.6. The molecule has 0 aliphatic rings. The first-order valence-electron chi connectivity index (χ1n) is 7.76. The molecule has 0 unspecified atom stereocenters. The van der Waals surface area contributed by atoms with Crippen LogP contribution in [0.5, 0.6) is 0 Å². The highest BCUT2D eigenvalue weighted by Gasteiger charge is 2.21. The highest BCUT2D eigenvalue weighted by atomic mass is 32.2. The summed E-state index contributed by atoms with van der Waals surface area (Å²) >= 11 is 0. The van der Waals surface area contributed by atoms with Crippen LogP contribution in [0, 0.1) is 0 Å². The fourth-order valence-electron chi connectivity index (χ4n) is 2.27. The Morgan fingerprint density at radius 2 is 1.79 bits per heavy atom. The summed E-state index contributed by atoms with van der Waals surface area (Å²) in [5.41, 5.74) is 1.31. The van der Waals surface area contributed by atoms with Gasteiger partial charge in [-0.25, -0.2) is 8.42 Å². The molecular weight excluding hydrogens is 326 g/mol. The van der Waals surface area contributed by atoms with Crippen molar-refractivity contribution >= 4 is 15.9 Å². The fourth-order valence-corrected chi connectivity index (χ4v) is 3.73. The predicted octanol–water partition coefficient (Wildman–Crippen LogP) is 2.04. The SMILES string of the molecule is CCN(CC)S(=O)(=O)c1ccc(CNC(=O)c2cccnc2)cc1. The first-order valence-corrected chi connectivity index (χ1v) is 9.20. The fraction of sp³-hybridized carbons (Fsp3) is 0.294. The molecule has 0 radical (unpaired) electrons. The Morgan fingerprint density at radius 3 is 2.33 bits per heavy atom. The molecule has 2 aromatic rings. The molecule has 0 bridgehead atoms. The van der Waals surface area contributed by atoms with Crippen LogP contribution in [0.4, 0.5) is 0 Å². The van der Waals surface area contributed by atoms with E-state index in [2.05, 4.69) is 10.3 Å². The van der Waals surface area contributed by atoms with Crippen LogP contribution < -0.4 is 5.32 Å². The van der Waals surface area contributed by atoms with E-state index in [-0.39, 0.29) is 10.8 Å². The molecule has 0 saturated heterocycles. The summed E-state index contributed by atoms with van der Waals surface area (Å²) in [7, 11) is -3.45. The number of sulfonamides is 1. The minimum absolute atomic E-state index is 0.220. The molecule has 0 aliphatic heterocycles. The molecular formula is C17H21N3O3S. The van der Waals surface area contributed by atoms with Gasteiger partial charge < -0.3 is 5.32 Å². The van der Waals surface area contributed by atoms with E-state index in [9.17, 15) is 13.2 Å². The van der Waals surface area contributed by atoms with Crippen LogP contribution in [-0.4, -0.2) is 36.7 Å². The molecule has 1 aromatic heterocycles. The molecule has 128 valence electrons. The highest BCUT2D eigenvalue weighted by Crippen LogP contribution is 2.16. The van der Waals surface area contributed by atoms with Gasteiger partial charge in [-0.1, -0.05) is 26.0 Å². The zero-order valence-corrected chi connectivity index (χ0v) is 14.6. The summed E-state index contributed by atoms with van der Waals surface area (Å²) in [6, 6.07) is 9.93. The Bertz CT molecular complexity index is 770. The topological polar surface area (TPSA) is 79.4 Å². The van der Waals surface area contributed by atoms with Crippen LogP contribution >= 0.6 is 0 Å². The largest absolute Gasteiger partial charge is 0.348 e. The van der Waals surface area contributed by atoms with E-state index in [4.69, 9.17) is 0 Å². The molecule has 6 nitrogen and oxygen atoms in total. The summed E-state index contributed by atoms with van der Waals surface area (Å²) in [5.74, 6) is -0.220. The van der Waals surface area contributed by atoms with Crippen molar-refractivity contribution < 1.29 is 13.2 Å².